The van der Waals surface area contributed by atoms with Crippen molar-refractivity contribution in [1.29, 1.82) is 0 Å². The normalized spacial score (nSPS) is 15.1. The molecule has 0 aliphatic carbocycles. The Labute approximate surface area is 275 Å². The molecule has 1 aromatic carbocycles. The summed E-state index contributed by atoms with van der Waals surface area (Å²) in [6.45, 7) is 14.3. The van der Waals surface area contributed by atoms with E-state index in [-0.39, 0.29) is 5.91 Å². The van der Waals surface area contributed by atoms with E-state index in [0.29, 0.717) is 56.4 Å². The number of carbonyl (C=O) groups excluding carboxylic acids is 1. The van der Waals surface area contributed by atoms with Crippen LogP contribution in [0.3, 0.4) is 0 Å². The molecular weight excluding hydrogens is 635 g/mol. The minimum atomic E-state index is -3.23. The van der Waals surface area contributed by atoms with Gasteiger partial charge in [0.2, 0.25) is 15.9 Å². The lowest BCUT2D eigenvalue weighted by atomic mass is 10.0. The molecule has 1 aliphatic heterocycles. The fourth-order valence-electron chi connectivity index (χ4n) is 5.27. The molecule has 16 heteroatoms. The number of hydrogen-bond acceptors (Lipinski definition) is 9. The maximum Gasteiger partial charge on any atom is 0.410 e. The molecule has 0 unspecified atom stereocenters. The molecule has 1 aromatic heterocycles. The van der Waals surface area contributed by atoms with Gasteiger partial charge in [-0.05, 0) is 72.1 Å². The number of thiazole rings is 1. The predicted octanol–water partition coefficient (Wildman–Crippen LogP) is 4.22. The van der Waals surface area contributed by atoms with Gasteiger partial charge in [-0.25, -0.2) is 23.0 Å². The third-order valence-corrected chi connectivity index (χ3v) is 9.78. The monoisotopic (exact) mass is 681 g/mol. The minimum Gasteiger partial charge on any atom is -0.465 e. The summed E-state index contributed by atoms with van der Waals surface area (Å²) in [7, 11) is -3.23. The van der Waals surface area contributed by atoms with Crippen LogP contribution >= 0.6 is 11.3 Å². The summed E-state index contributed by atoms with van der Waals surface area (Å²) in [6.07, 6.45) is -1.27. The molecule has 1 fully saturated rings. The molecular formula is C30H47N7O7S2. The van der Waals surface area contributed by atoms with Crippen LogP contribution in [0, 0.1) is 0 Å². The van der Waals surface area contributed by atoms with Gasteiger partial charge in [0.25, 0.3) is 0 Å². The molecule has 0 radical (unpaired) electrons. The maximum atomic E-state index is 12.4. The van der Waals surface area contributed by atoms with E-state index in [9.17, 15) is 33.0 Å². The van der Waals surface area contributed by atoms with Crippen molar-refractivity contribution >= 4 is 50.3 Å². The van der Waals surface area contributed by atoms with Crippen LogP contribution in [0.5, 0.6) is 0 Å². The lowest BCUT2D eigenvalue weighted by Crippen LogP contribution is -2.66. The zero-order chi connectivity index (χ0) is 34.6. The van der Waals surface area contributed by atoms with Gasteiger partial charge < -0.3 is 20.8 Å². The standard InChI is InChI=1S/C30H47N7O7S2/c1-20(38)31-25-33-23(24(45-25)19-34-15-17-35(18-16-34)46(8,43)44)14-11-21-9-12-22(13-10-21)32-26(36(27(39)40)29(2,3)4)37(28(41)42)30(5,6)7/h9-10,12-13,26,32H,11,14-19H2,1-8H3,(H,39,40)(H,41,42)(H,31,33,38). The molecule has 0 spiro atoms. The van der Waals surface area contributed by atoms with E-state index < -0.39 is 39.6 Å². The molecule has 1 aliphatic rings. The average Bonchev–Trinajstić information content (AvgIpc) is 3.25. The first-order valence-corrected chi connectivity index (χ1v) is 17.7. The van der Waals surface area contributed by atoms with Crippen molar-refractivity contribution < 1.29 is 33.0 Å². The first-order valence-electron chi connectivity index (χ1n) is 15.0. The van der Waals surface area contributed by atoms with Crippen LogP contribution in [0.25, 0.3) is 0 Å². The summed E-state index contributed by atoms with van der Waals surface area (Å²) in [5.41, 5.74) is 0.567. The highest BCUT2D eigenvalue weighted by Crippen LogP contribution is 2.29. The Hall–Kier alpha value is -3.47. The summed E-state index contributed by atoms with van der Waals surface area (Å²) in [4.78, 5) is 46.5. The van der Waals surface area contributed by atoms with Crippen LogP contribution in [0.4, 0.5) is 20.4 Å². The van der Waals surface area contributed by atoms with Gasteiger partial charge in [-0.2, -0.15) is 4.31 Å². The number of sulfonamides is 1. The molecule has 3 amide bonds. The summed E-state index contributed by atoms with van der Waals surface area (Å²) in [5.74, 6) is -0.212. The Balaban J connectivity index is 1.78. The number of benzene rings is 1. The number of hydrogen-bond donors (Lipinski definition) is 4. The number of carboxylic acid groups (broad SMARTS) is 2. The molecule has 0 saturated carbocycles. The van der Waals surface area contributed by atoms with E-state index in [1.54, 1.807) is 53.7 Å². The average molecular weight is 682 g/mol. The molecule has 46 heavy (non-hydrogen) atoms. The molecule has 0 bridgehead atoms. The van der Waals surface area contributed by atoms with Crippen LogP contribution < -0.4 is 10.6 Å². The van der Waals surface area contributed by atoms with Crippen LogP contribution in [-0.4, -0.2) is 111 Å². The van der Waals surface area contributed by atoms with Gasteiger partial charge in [-0.1, -0.05) is 12.1 Å². The van der Waals surface area contributed by atoms with Crippen molar-refractivity contribution in [2.75, 3.05) is 43.1 Å². The second-order valence-corrected chi connectivity index (χ2v) is 16.4. The number of piperazine rings is 1. The van der Waals surface area contributed by atoms with Crippen molar-refractivity contribution in [3.05, 3.63) is 40.4 Å². The second-order valence-electron chi connectivity index (χ2n) is 13.4. The number of nitrogens with one attached hydrogen (secondary N) is 2. The zero-order valence-electron chi connectivity index (χ0n) is 27.8. The van der Waals surface area contributed by atoms with Crippen LogP contribution in [-0.2, 0) is 34.2 Å². The largest absolute Gasteiger partial charge is 0.465 e. The Bertz CT molecular complexity index is 1460. The molecule has 0 atom stereocenters. The highest BCUT2D eigenvalue weighted by Gasteiger charge is 2.43. The van der Waals surface area contributed by atoms with Crippen LogP contribution in [0.1, 0.15) is 64.6 Å². The predicted molar refractivity (Wildman–Crippen MR) is 179 cm³/mol. The van der Waals surface area contributed by atoms with E-state index in [1.165, 1.54) is 28.8 Å². The van der Waals surface area contributed by atoms with E-state index in [1.807, 2.05) is 12.1 Å². The summed E-state index contributed by atoms with van der Waals surface area (Å²) in [6, 6.07) is 7.38. The van der Waals surface area contributed by atoms with Gasteiger partial charge in [0.05, 0.1) is 11.9 Å². The lowest BCUT2D eigenvalue weighted by Gasteiger charge is -2.48. The molecule has 256 valence electrons. The fraction of sp³-hybridized carbons (Fsp3) is 0.600. The van der Waals surface area contributed by atoms with Crippen molar-refractivity contribution in [3.63, 3.8) is 0 Å². The maximum absolute atomic E-state index is 12.4. The molecule has 4 N–H and O–H groups in total. The van der Waals surface area contributed by atoms with Gasteiger partial charge in [0.1, 0.15) is 0 Å². The van der Waals surface area contributed by atoms with Crippen molar-refractivity contribution in [2.45, 2.75) is 85.2 Å². The molecule has 2 heterocycles. The third kappa shape index (κ3) is 10.0. The number of anilines is 2. The molecule has 3 rings (SSSR count). The molecule has 2 aromatic rings. The first-order chi connectivity index (χ1) is 21.2. The highest BCUT2D eigenvalue weighted by atomic mass is 32.2. The van der Waals surface area contributed by atoms with E-state index >= 15 is 0 Å². The Morgan fingerprint density at radius 2 is 1.46 bits per heavy atom. The number of nitrogens with zero attached hydrogens (tertiary/aromatic N) is 5. The molecule has 14 nitrogen and oxygen atoms in total. The smallest absolute Gasteiger partial charge is 0.410 e. The zero-order valence-corrected chi connectivity index (χ0v) is 29.5. The van der Waals surface area contributed by atoms with Gasteiger partial charge >= 0.3 is 12.2 Å². The van der Waals surface area contributed by atoms with Crippen LogP contribution in [0.2, 0.25) is 0 Å². The SMILES string of the molecule is CC(=O)Nc1nc(CCc2ccc(NC(N(C(=O)O)C(C)(C)C)N(C(=O)O)C(C)(C)C)cc2)c(CN2CCN(S(C)(=O)=O)CC2)s1. The number of carbonyl (C=O) groups is 3. The van der Waals surface area contributed by atoms with Gasteiger partial charge in [-0.15, -0.1) is 11.3 Å². The van der Waals surface area contributed by atoms with E-state index in [0.717, 1.165) is 25.9 Å². The van der Waals surface area contributed by atoms with Crippen molar-refractivity contribution in [1.82, 2.24) is 24.0 Å². The van der Waals surface area contributed by atoms with Gasteiger partial charge in [-0.3, -0.25) is 19.5 Å². The quantitative estimate of drug-likeness (QED) is 0.251. The highest BCUT2D eigenvalue weighted by molar-refractivity contribution is 7.88. The third-order valence-electron chi connectivity index (χ3n) is 7.48. The Morgan fingerprint density at radius 1 is 0.935 bits per heavy atom. The fourth-order valence-corrected chi connectivity index (χ4v) is 7.19. The number of aromatic nitrogens is 1. The first kappa shape index (κ1) is 37.0. The van der Waals surface area contributed by atoms with Crippen molar-refractivity contribution in [3.8, 4) is 0 Å². The van der Waals surface area contributed by atoms with E-state index in [4.69, 9.17) is 0 Å². The summed E-state index contributed by atoms with van der Waals surface area (Å²) < 4.78 is 25.3. The molecule has 1 saturated heterocycles. The summed E-state index contributed by atoms with van der Waals surface area (Å²) in [5, 5.41) is 26.6. The number of aryl methyl sites for hydroxylation is 2. The minimum absolute atomic E-state index is 0.212. The van der Waals surface area contributed by atoms with E-state index in [2.05, 4.69) is 20.5 Å². The van der Waals surface area contributed by atoms with Gasteiger partial charge in [0.15, 0.2) is 11.4 Å². The Kier molecular flexibility index (Phi) is 11.7. The Morgan fingerprint density at radius 3 is 1.89 bits per heavy atom. The summed E-state index contributed by atoms with van der Waals surface area (Å²) >= 11 is 1.41. The van der Waals surface area contributed by atoms with Crippen LogP contribution in [0.15, 0.2) is 24.3 Å². The topological polar surface area (TPSA) is 176 Å². The van der Waals surface area contributed by atoms with Crippen molar-refractivity contribution in [2.24, 2.45) is 0 Å². The number of amides is 3. The second kappa shape index (κ2) is 14.5. The van der Waals surface area contributed by atoms with Gasteiger partial charge in [0, 0.05) is 61.3 Å². The number of rotatable bonds is 11. The lowest BCUT2D eigenvalue weighted by molar-refractivity contribution is -0.114.